The quantitative estimate of drug-likeness (QED) is 0.177. The van der Waals surface area contributed by atoms with Crippen LogP contribution in [0.2, 0.25) is 0 Å². The van der Waals surface area contributed by atoms with Gasteiger partial charge >= 0.3 is 0 Å². The molecule has 0 bridgehead atoms. The van der Waals surface area contributed by atoms with Gasteiger partial charge in [0, 0.05) is 21.8 Å². The van der Waals surface area contributed by atoms with Gasteiger partial charge in [-0.25, -0.2) is 9.69 Å². The summed E-state index contributed by atoms with van der Waals surface area (Å²) in [6.07, 6.45) is 0. The van der Waals surface area contributed by atoms with E-state index in [0.29, 0.717) is 16.9 Å². The first-order valence-corrected chi connectivity index (χ1v) is 16.2. The van der Waals surface area contributed by atoms with E-state index < -0.39 is 0 Å². The van der Waals surface area contributed by atoms with E-state index in [0.717, 1.165) is 66.5 Å². The molecule has 0 saturated carbocycles. The van der Waals surface area contributed by atoms with Gasteiger partial charge in [0.1, 0.15) is 0 Å². The summed E-state index contributed by atoms with van der Waals surface area (Å²) in [5.41, 5.74) is 11.5. The van der Waals surface area contributed by atoms with Crippen LogP contribution in [0.4, 0.5) is 11.4 Å². The molecule has 0 fully saturated rings. The van der Waals surface area contributed by atoms with Gasteiger partial charge in [0.2, 0.25) is 5.69 Å². The Morgan fingerprint density at radius 2 is 1.10 bits per heavy atom. The van der Waals surface area contributed by atoms with E-state index >= 15 is 0 Å². The summed E-state index contributed by atoms with van der Waals surface area (Å²) in [6, 6.07) is 53.5. The lowest BCUT2D eigenvalue weighted by Gasteiger charge is -2.17. The number of para-hydroxylation sites is 3. The molecule has 50 heavy (non-hydrogen) atoms. The van der Waals surface area contributed by atoms with E-state index in [-0.39, 0.29) is 0 Å². The predicted molar refractivity (Wildman–Crippen MR) is 203 cm³/mol. The molecule has 9 rings (SSSR count). The van der Waals surface area contributed by atoms with Gasteiger partial charge in [-0.15, -0.1) is 0 Å². The number of nitrogens with zero attached hydrogens (tertiary/aromatic N) is 5. The van der Waals surface area contributed by atoms with Gasteiger partial charge in [-0.05, 0) is 88.3 Å². The minimum absolute atomic E-state index is 0.513. The molecule has 0 aliphatic heterocycles. The SMILES string of the molecule is [C-]#[N+]c1ccc2c(c1)c1cc(C#N)ccc1n2-c1c([N+]#[C-])cccc1-c1cccc(-c2cccc(-n3c4ccccc4c4ccccc43)c2)c1. The van der Waals surface area contributed by atoms with Gasteiger partial charge in [-0.1, -0.05) is 91.0 Å². The molecule has 5 heteroatoms. The highest BCUT2D eigenvalue weighted by molar-refractivity contribution is 6.12. The second kappa shape index (κ2) is 11.4. The second-order valence-corrected chi connectivity index (χ2v) is 12.3. The Hall–Kier alpha value is -7.39. The first kappa shape index (κ1) is 28.8. The van der Waals surface area contributed by atoms with Crippen LogP contribution in [-0.2, 0) is 0 Å². The van der Waals surface area contributed by atoms with Crippen molar-refractivity contribution in [2.75, 3.05) is 0 Å². The van der Waals surface area contributed by atoms with Crippen molar-refractivity contribution in [3.05, 3.63) is 180 Å². The number of nitriles is 1. The largest absolute Gasteiger partial charge is 0.318 e. The Balaban J connectivity index is 1.24. The number of aromatic nitrogens is 2. The van der Waals surface area contributed by atoms with E-state index in [2.05, 4.69) is 128 Å². The molecule has 2 heterocycles. The molecule has 0 spiro atoms. The van der Waals surface area contributed by atoms with Crippen molar-refractivity contribution in [3.63, 3.8) is 0 Å². The van der Waals surface area contributed by atoms with Crippen LogP contribution in [0.3, 0.4) is 0 Å². The molecule has 0 aliphatic carbocycles. The fraction of sp³-hybridized carbons (Fsp3) is 0. The zero-order valence-corrected chi connectivity index (χ0v) is 26.7. The van der Waals surface area contributed by atoms with Crippen molar-refractivity contribution in [2.45, 2.75) is 0 Å². The Morgan fingerprint density at radius 3 is 1.82 bits per heavy atom. The summed E-state index contributed by atoms with van der Waals surface area (Å²) < 4.78 is 4.44. The Labute approximate surface area is 288 Å². The second-order valence-electron chi connectivity index (χ2n) is 12.3. The zero-order valence-electron chi connectivity index (χ0n) is 26.7. The average Bonchev–Trinajstić information content (AvgIpc) is 3.69. The standard InChI is InChI=1S/C45H25N5/c1-47-33-21-23-44-39(27-33)38-24-29(28-46)20-22-43(38)50(44)45-35(16-9-17-40(45)48-2)32-12-7-10-30(25-32)31-11-8-13-34(26-31)49-41-18-5-3-14-36(41)37-15-4-6-19-42(37)49/h3-27H. The first-order valence-electron chi connectivity index (χ1n) is 16.2. The maximum atomic E-state index is 9.71. The van der Waals surface area contributed by atoms with Crippen molar-refractivity contribution in [1.82, 2.24) is 9.13 Å². The van der Waals surface area contributed by atoms with Crippen LogP contribution in [0.25, 0.3) is 86.9 Å². The lowest BCUT2D eigenvalue weighted by atomic mass is 9.97. The summed E-state index contributed by atoms with van der Waals surface area (Å²) in [5, 5.41) is 13.9. The fourth-order valence-corrected chi connectivity index (χ4v) is 7.37. The van der Waals surface area contributed by atoms with Gasteiger partial charge < -0.3 is 9.13 Å². The van der Waals surface area contributed by atoms with Crippen LogP contribution in [0.1, 0.15) is 5.56 Å². The molecule has 2 aromatic heterocycles. The van der Waals surface area contributed by atoms with Crippen molar-refractivity contribution >= 4 is 55.0 Å². The summed E-state index contributed by atoms with van der Waals surface area (Å²) in [4.78, 5) is 7.66. The Morgan fingerprint density at radius 1 is 0.480 bits per heavy atom. The van der Waals surface area contributed by atoms with E-state index in [4.69, 9.17) is 13.1 Å². The monoisotopic (exact) mass is 635 g/mol. The number of fused-ring (bicyclic) bond motifs is 6. The molecular weight excluding hydrogens is 611 g/mol. The Bertz CT molecular complexity index is 2850. The third-order valence-corrected chi connectivity index (χ3v) is 9.56. The van der Waals surface area contributed by atoms with Gasteiger partial charge in [-0.3, -0.25) is 0 Å². The normalized spacial score (nSPS) is 11.1. The molecule has 0 aliphatic rings. The number of hydrogen-bond acceptors (Lipinski definition) is 1. The van der Waals surface area contributed by atoms with Gasteiger partial charge in [0.25, 0.3) is 0 Å². The van der Waals surface area contributed by atoms with Gasteiger partial charge in [0.05, 0.1) is 52.5 Å². The maximum Gasteiger partial charge on any atom is 0.211 e. The lowest BCUT2D eigenvalue weighted by molar-refractivity contribution is 1.18. The minimum atomic E-state index is 0.513. The molecule has 7 aromatic carbocycles. The molecule has 0 amide bonds. The van der Waals surface area contributed by atoms with Crippen LogP contribution in [-0.4, -0.2) is 9.13 Å². The third-order valence-electron chi connectivity index (χ3n) is 9.56. The molecule has 230 valence electrons. The van der Waals surface area contributed by atoms with Crippen LogP contribution >= 0.6 is 0 Å². The zero-order chi connectivity index (χ0) is 33.8. The number of hydrogen-bond donors (Lipinski definition) is 0. The van der Waals surface area contributed by atoms with E-state index in [1.807, 2.05) is 36.4 Å². The van der Waals surface area contributed by atoms with Crippen molar-refractivity contribution in [2.24, 2.45) is 0 Å². The third kappa shape index (κ3) is 4.38. The molecule has 0 N–H and O–H groups in total. The van der Waals surface area contributed by atoms with Crippen molar-refractivity contribution in [1.29, 1.82) is 5.26 Å². The first-order chi connectivity index (χ1) is 24.7. The fourth-order valence-electron chi connectivity index (χ4n) is 7.37. The summed E-state index contributed by atoms with van der Waals surface area (Å²) in [7, 11) is 0. The molecule has 0 saturated heterocycles. The molecular formula is C45H25N5. The smallest absolute Gasteiger partial charge is 0.211 e. The molecule has 0 unspecified atom stereocenters. The highest BCUT2D eigenvalue weighted by Gasteiger charge is 2.20. The van der Waals surface area contributed by atoms with E-state index in [1.165, 1.54) is 10.8 Å². The lowest BCUT2D eigenvalue weighted by Crippen LogP contribution is -1.98. The van der Waals surface area contributed by atoms with Gasteiger partial charge in [-0.2, -0.15) is 5.26 Å². The van der Waals surface area contributed by atoms with E-state index in [9.17, 15) is 5.26 Å². The topological polar surface area (TPSA) is 42.4 Å². The average molecular weight is 636 g/mol. The van der Waals surface area contributed by atoms with E-state index in [1.54, 1.807) is 12.1 Å². The van der Waals surface area contributed by atoms with Crippen LogP contribution in [0, 0.1) is 24.5 Å². The molecule has 0 radical (unpaired) electrons. The van der Waals surface area contributed by atoms with Crippen LogP contribution in [0.5, 0.6) is 0 Å². The summed E-state index contributed by atoms with van der Waals surface area (Å²) in [6.45, 7) is 15.8. The number of benzene rings is 7. The molecule has 5 nitrogen and oxygen atoms in total. The summed E-state index contributed by atoms with van der Waals surface area (Å²) >= 11 is 0. The predicted octanol–water partition coefficient (Wildman–Crippen LogP) is 12.2. The number of rotatable bonds is 4. The molecule has 0 atom stereocenters. The van der Waals surface area contributed by atoms with Gasteiger partial charge in [0.15, 0.2) is 5.69 Å². The highest BCUT2D eigenvalue weighted by Crippen LogP contribution is 2.43. The molecule has 9 aromatic rings. The summed E-state index contributed by atoms with van der Waals surface area (Å²) in [5.74, 6) is 0. The van der Waals surface area contributed by atoms with Crippen LogP contribution in [0.15, 0.2) is 152 Å². The van der Waals surface area contributed by atoms with Crippen LogP contribution < -0.4 is 0 Å². The van der Waals surface area contributed by atoms with Crippen molar-refractivity contribution < 1.29 is 0 Å². The minimum Gasteiger partial charge on any atom is -0.318 e. The van der Waals surface area contributed by atoms with Crippen molar-refractivity contribution in [3.8, 4) is 39.7 Å². The maximum absolute atomic E-state index is 9.71. The Kier molecular flexibility index (Phi) is 6.56. The highest BCUT2D eigenvalue weighted by atomic mass is 15.0.